The molecule has 5 rings (SSSR count). The molecule has 34 heavy (non-hydrogen) atoms. The first-order chi connectivity index (χ1) is 16.0. The molecule has 0 saturated heterocycles. The molecule has 5 N–H and O–H groups in total. The second-order valence-electron chi connectivity index (χ2n) is 8.08. The Morgan fingerprint density at radius 3 is 2.76 bits per heavy atom. The third-order valence-corrected chi connectivity index (χ3v) is 5.73. The maximum absolute atomic E-state index is 12.7. The Labute approximate surface area is 201 Å². The molecular weight excluding hydrogens is 454 g/mol. The summed E-state index contributed by atoms with van der Waals surface area (Å²) in [6.07, 6.45) is 6.45. The number of hydrogen-bond acceptors (Lipinski definition) is 5. The normalized spacial score (nSPS) is 13.2. The first-order valence-corrected chi connectivity index (χ1v) is 10.6. The summed E-state index contributed by atoms with van der Waals surface area (Å²) in [7, 11) is 1.84. The average Bonchev–Trinajstić information content (AvgIpc) is 3.36. The Morgan fingerprint density at radius 2 is 2.03 bits per heavy atom. The van der Waals surface area contributed by atoms with Gasteiger partial charge in [0.25, 0.3) is 5.91 Å². The number of halogens is 1. The number of anilines is 1. The third kappa shape index (κ3) is 4.43. The standard InChI is InChI=1S/C24H23N7O2.ClH/c1-31-13-15(11-27-31)22-18-12-26-30-23(32)17-9-16(10-20(29-22)21(17)18)28-24(33)19(25)8-7-14-5-3-2-4-6-14;/h2-6,9-13,19,29H,7-8,25H2,1H3,(H,28,33)(H,30,32);1H/t19-;/m1./s1. The predicted octanol–water partition coefficient (Wildman–Crippen LogP) is 2.97. The van der Waals surface area contributed by atoms with Gasteiger partial charge in [-0.1, -0.05) is 30.3 Å². The number of nitrogens with two attached hydrogens (primary N) is 1. The van der Waals surface area contributed by atoms with E-state index in [0.29, 0.717) is 29.6 Å². The second kappa shape index (κ2) is 9.50. The topological polar surface area (TPSA) is 130 Å². The van der Waals surface area contributed by atoms with E-state index in [-0.39, 0.29) is 24.2 Å². The van der Waals surface area contributed by atoms with Gasteiger partial charge in [-0.15, -0.1) is 12.4 Å². The van der Waals surface area contributed by atoms with Crippen molar-refractivity contribution in [2.45, 2.75) is 18.9 Å². The van der Waals surface area contributed by atoms with Crippen molar-refractivity contribution in [1.29, 1.82) is 0 Å². The van der Waals surface area contributed by atoms with E-state index in [2.05, 4.69) is 25.9 Å². The molecule has 1 aliphatic rings. The number of nitrogens with one attached hydrogen (secondary N) is 3. The molecule has 2 aromatic heterocycles. The molecular formula is C24H24ClN7O2. The number of amides is 2. The van der Waals surface area contributed by atoms with E-state index in [4.69, 9.17) is 5.73 Å². The highest BCUT2D eigenvalue weighted by atomic mass is 35.5. The van der Waals surface area contributed by atoms with Crippen molar-refractivity contribution < 1.29 is 9.59 Å². The SMILES string of the molecule is Cl.Cn1cc(-c2[nH]c3cc(NC(=O)[C@H](N)CCc4ccccc4)cc4c3c2C=NNC4=O)cn1. The van der Waals surface area contributed by atoms with Crippen molar-refractivity contribution in [3.63, 3.8) is 0 Å². The summed E-state index contributed by atoms with van der Waals surface area (Å²) in [6, 6.07) is 12.7. The highest BCUT2D eigenvalue weighted by Gasteiger charge is 2.23. The number of H-pyrrole nitrogens is 1. The Balaban J connectivity index is 0.00000274. The lowest BCUT2D eigenvalue weighted by molar-refractivity contribution is -0.117. The fraction of sp³-hybridized carbons (Fsp3) is 0.167. The van der Waals surface area contributed by atoms with Gasteiger partial charge in [0.15, 0.2) is 0 Å². The van der Waals surface area contributed by atoms with Gasteiger partial charge in [0, 0.05) is 41.0 Å². The Morgan fingerprint density at radius 1 is 1.24 bits per heavy atom. The number of carbonyl (C=O) groups excluding carboxylic acids is 2. The van der Waals surface area contributed by atoms with Crippen molar-refractivity contribution in [2.75, 3.05) is 5.32 Å². The lowest BCUT2D eigenvalue weighted by Crippen LogP contribution is -2.36. The third-order valence-electron chi connectivity index (χ3n) is 5.73. The van der Waals surface area contributed by atoms with E-state index in [1.165, 1.54) is 0 Å². The van der Waals surface area contributed by atoms with Crippen molar-refractivity contribution in [3.05, 3.63) is 71.5 Å². The monoisotopic (exact) mass is 477 g/mol. The van der Waals surface area contributed by atoms with Crippen LogP contribution < -0.4 is 16.5 Å². The minimum absolute atomic E-state index is 0. The molecule has 1 atom stereocenters. The Hall–Kier alpha value is -3.95. The molecule has 0 aliphatic carbocycles. The number of aromatic amines is 1. The number of hydrazone groups is 1. The summed E-state index contributed by atoms with van der Waals surface area (Å²) in [5.41, 5.74) is 13.8. The van der Waals surface area contributed by atoms with Crippen molar-refractivity contribution >= 4 is 47.0 Å². The van der Waals surface area contributed by atoms with E-state index in [1.54, 1.807) is 29.2 Å². The van der Waals surface area contributed by atoms with Crippen LogP contribution in [0.4, 0.5) is 5.69 Å². The summed E-state index contributed by atoms with van der Waals surface area (Å²) < 4.78 is 1.70. The van der Waals surface area contributed by atoms with E-state index < -0.39 is 6.04 Å². The number of hydrogen-bond donors (Lipinski definition) is 4. The second-order valence-corrected chi connectivity index (χ2v) is 8.08. The maximum atomic E-state index is 12.7. The van der Waals surface area contributed by atoms with Crippen LogP contribution in [-0.2, 0) is 18.3 Å². The quantitative estimate of drug-likeness (QED) is 0.340. The number of carbonyl (C=O) groups is 2. The first kappa shape index (κ1) is 23.2. The molecule has 9 nitrogen and oxygen atoms in total. The largest absolute Gasteiger partial charge is 0.354 e. The zero-order chi connectivity index (χ0) is 22.9. The Kier molecular flexibility index (Phi) is 6.49. The molecule has 3 heterocycles. The number of aromatic nitrogens is 3. The van der Waals surface area contributed by atoms with E-state index in [1.807, 2.05) is 43.6 Å². The molecule has 0 saturated carbocycles. The molecule has 174 valence electrons. The van der Waals surface area contributed by atoms with Gasteiger partial charge in [-0.3, -0.25) is 14.3 Å². The van der Waals surface area contributed by atoms with Gasteiger partial charge in [0.2, 0.25) is 5.91 Å². The minimum atomic E-state index is -0.678. The number of rotatable bonds is 6. The van der Waals surface area contributed by atoms with Crippen molar-refractivity contribution in [3.8, 4) is 11.3 Å². The van der Waals surface area contributed by atoms with Crippen LogP contribution in [0.15, 0.2) is 60.0 Å². The van der Waals surface area contributed by atoms with Crippen molar-refractivity contribution in [2.24, 2.45) is 17.9 Å². The molecule has 2 amide bonds. The van der Waals surface area contributed by atoms with Crippen LogP contribution in [0, 0.1) is 0 Å². The predicted molar refractivity (Wildman–Crippen MR) is 134 cm³/mol. The van der Waals surface area contributed by atoms with E-state index in [9.17, 15) is 9.59 Å². The van der Waals surface area contributed by atoms with Gasteiger partial charge in [-0.25, -0.2) is 5.43 Å². The molecule has 4 aromatic rings. The maximum Gasteiger partial charge on any atom is 0.272 e. The van der Waals surface area contributed by atoms with Crippen LogP contribution in [0.2, 0.25) is 0 Å². The summed E-state index contributed by atoms with van der Waals surface area (Å²) in [5, 5.41) is 11.9. The van der Waals surface area contributed by atoms with Gasteiger partial charge in [-0.2, -0.15) is 10.2 Å². The fourth-order valence-corrected chi connectivity index (χ4v) is 4.06. The van der Waals surface area contributed by atoms with E-state index in [0.717, 1.165) is 27.8 Å². The average molecular weight is 478 g/mol. The van der Waals surface area contributed by atoms with Crippen LogP contribution in [0.1, 0.15) is 27.9 Å². The zero-order valence-electron chi connectivity index (χ0n) is 18.4. The molecule has 0 radical (unpaired) electrons. The first-order valence-electron chi connectivity index (χ1n) is 10.6. The minimum Gasteiger partial charge on any atom is -0.354 e. The van der Waals surface area contributed by atoms with Crippen LogP contribution in [0.5, 0.6) is 0 Å². The lowest BCUT2D eigenvalue weighted by atomic mass is 10.0. The van der Waals surface area contributed by atoms with Crippen molar-refractivity contribution in [1.82, 2.24) is 20.2 Å². The molecule has 10 heteroatoms. The van der Waals surface area contributed by atoms with Gasteiger partial charge < -0.3 is 16.0 Å². The molecule has 2 aromatic carbocycles. The van der Waals surface area contributed by atoms with Crippen LogP contribution in [0.3, 0.4) is 0 Å². The van der Waals surface area contributed by atoms with Gasteiger partial charge in [-0.05, 0) is 30.5 Å². The molecule has 1 aliphatic heterocycles. The zero-order valence-corrected chi connectivity index (χ0v) is 19.2. The van der Waals surface area contributed by atoms with Crippen LogP contribution >= 0.6 is 12.4 Å². The van der Waals surface area contributed by atoms with Gasteiger partial charge in [0.05, 0.1) is 29.7 Å². The van der Waals surface area contributed by atoms with Gasteiger partial charge in [0.1, 0.15) is 0 Å². The summed E-state index contributed by atoms with van der Waals surface area (Å²) in [6.45, 7) is 0. The van der Waals surface area contributed by atoms with Crippen LogP contribution in [0.25, 0.3) is 22.2 Å². The fourth-order valence-electron chi connectivity index (χ4n) is 4.06. The molecule has 0 fully saturated rings. The summed E-state index contributed by atoms with van der Waals surface area (Å²) >= 11 is 0. The molecule has 0 bridgehead atoms. The number of nitrogens with zero attached hydrogens (tertiary/aromatic N) is 3. The van der Waals surface area contributed by atoms with Crippen LogP contribution in [-0.4, -0.2) is 38.8 Å². The summed E-state index contributed by atoms with van der Waals surface area (Å²) in [4.78, 5) is 28.8. The van der Waals surface area contributed by atoms with Gasteiger partial charge >= 0.3 is 0 Å². The number of aryl methyl sites for hydroxylation is 2. The Bertz CT molecular complexity index is 1390. The van der Waals surface area contributed by atoms with E-state index >= 15 is 0 Å². The number of benzene rings is 2. The highest BCUT2D eigenvalue weighted by molar-refractivity contribution is 6.18. The smallest absolute Gasteiger partial charge is 0.272 e. The summed E-state index contributed by atoms with van der Waals surface area (Å²) in [5.74, 6) is -0.654. The molecule has 0 unspecified atom stereocenters. The lowest BCUT2D eigenvalue weighted by Gasteiger charge is -2.13. The highest BCUT2D eigenvalue weighted by Crippen LogP contribution is 2.34. The molecule has 0 spiro atoms.